The monoisotopic (exact) mass is 935 g/mol. The highest BCUT2D eigenvalue weighted by atomic mass is 31.1. The first-order valence-electron chi connectivity index (χ1n) is 16.7. The zero-order valence-corrected chi connectivity index (χ0v) is 34.4. The van der Waals surface area contributed by atoms with Crippen molar-refractivity contribution in [1.82, 2.24) is 0 Å². The van der Waals surface area contributed by atoms with E-state index in [9.17, 15) is 66.0 Å². The molecular weight excluding hydrogens is 910 g/mol. The SMILES string of the molecule is Fc1cc(F)cc(P)c1.Fc1cc(F)cc(Pc2cc(F)cc(F)c2)c1.Fc1cc(F)cc(Pc2cc(F)cc(F)c2)c1.O=[P+](c1cc(F)cc(F)c1)c1cc(F)cc(F)c1. The molecule has 1 atom stereocenters. The summed E-state index contributed by atoms with van der Waals surface area (Å²) in [6.07, 6.45) is 0. The van der Waals surface area contributed by atoms with Crippen LogP contribution in [0.15, 0.2) is 127 Å². The van der Waals surface area contributed by atoms with Crippen LogP contribution in [0.5, 0.6) is 0 Å². The van der Waals surface area contributed by atoms with E-state index in [1.807, 2.05) is 0 Å². The molecule has 0 aliphatic carbocycles. The molecule has 0 heterocycles. The van der Waals surface area contributed by atoms with Crippen molar-refractivity contribution in [2.75, 3.05) is 0 Å². The fourth-order valence-corrected chi connectivity index (χ4v) is 8.80. The van der Waals surface area contributed by atoms with Crippen molar-refractivity contribution in [3.63, 3.8) is 0 Å². The molecule has 7 aromatic carbocycles. The van der Waals surface area contributed by atoms with Crippen LogP contribution in [0, 0.1) is 81.4 Å². The van der Waals surface area contributed by atoms with Crippen LogP contribution in [0.2, 0.25) is 0 Å². The summed E-state index contributed by atoms with van der Waals surface area (Å²) in [5, 5.41) is 1.62. The highest BCUT2D eigenvalue weighted by Crippen LogP contribution is 2.22. The maximum absolute atomic E-state index is 12.9. The van der Waals surface area contributed by atoms with E-state index >= 15 is 0 Å². The highest BCUT2D eigenvalue weighted by Gasteiger charge is 2.26. The van der Waals surface area contributed by atoms with E-state index in [-0.39, 0.29) is 27.8 Å². The molecule has 7 rings (SSSR count). The quantitative estimate of drug-likeness (QED) is 0.120. The van der Waals surface area contributed by atoms with Crippen LogP contribution < -0.4 is 37.1 Å². The van der Waals surface area contributed by atoms with Gasteiger partial charge in [-0.2, -0.15) is 0 Å². The molecule has 0 saturated carbocycles. The predicted molar refractivity (Wildman–Crippen MR) is 216 cm³/mol. The van der Waals surface area contributed by atoms with Crippen molar-refractivity contribution in [2.24, 2.45) is 0 Å². The van der Waals surface area contributed by atoms with Crippen LogP contribution in [0.25, 0.3) is 0 Å². The molecule has 0 aliphatic rings. The van der Waals surface area contributed by atoms with Gasteiger partial charge in [-0.3, -0.25) is 0 Å². The summed E-state index contributed by atoms with van der Waals surface area (Å²) in [6, 6.07) is 20.2. The van der Waals surface area contributed by atoms with E-state index in [1.165, 1.54) is 12.1 Å². The molecule has 316 valence electrons. The summed E-state index contributed by atoms with van der Waals surface area (Å²) in [5.74, 6) is -10.3. The Balaban J connectivity index is 0.000000183. The van der Waals surface area contributed by atoms with Crippen molar-refractivity contribution in [3.8, 4) is 0 Å². The first kappa shape index (κ1) is 48.6. The minimum atomic E-state index is -2.45. The highest BCUT2D eigenvalue weighted by molar-refractivity contribution is 7.61. The summed E-state index contributed by atoms with van der Waals surface area (Å²) < 4.78 is 191. The van der Waals surface area contributed by atoms with Crippen molar-refractivity contribution >= 4 is 71.3 Å². The van der Waals surface area contributed by atoms with Gasteiger partial charge in [0.15, 0.2) is 0 Å². The van der Waals surface area contributed by atoms with Crippen molar-refractivity contribution < 1.29 is 66.0 Å². The molecule has 0 aromatic heterocycles. The maximum atomic E-state index is 12.9. The van der Waals surface area contributed by atoms with Gasteiger partial charge in [0.1, 0.15) is 81.4 Å². The molecule has 0 radical (unpaired) electrons. The molecular formula is C42H25F14OP4+. The number of benzene rings is 7. The van der Waals surface area contributed by atoms with Gasteiger partial charge >= 0.3 is 7.80 Å². The van der Waals surface area contributed by atoms with Crippen molar-refractivity contribution in [1.29, 1.82) is 0 Å². The second kappa shape index (κ2) is 22.7. The van der Waals surface area contributed by atoms with E-state index in [4.69, 9.17) is 0 Å². The van der Waals surface area contributed by atoms with Gasteiger partial charge in [0, 0.05) is 66.7 Å². The lowest BCUT2D eigenvalue weighted by atomic mass is 10.3. The molecule has 0 aliphatic heterocycles. The smallest absolute Gasteiger partial charge is 0.207 e. The lowest BCUT2D eigenvalue weighted by molar-refractivity contribution is 0.580. The van der Waals surface area contributed by atoms with Crippen LogP contribution in [-0.2, 0) is 4.57 Å². The Morgan fingerprint density at radius 1 is 0.279 bits per heavy atom. The topological polar surface area (TPSA) is 17.1 Å². The van der Waals surface area contributed by atoms with Crippen molar-refractivity contribution in [3.05, 3.63) is 209 Å². The summed E-state index contributed by atoms with van der Waals surface area (Å²) in [5.41, 5.74) is 0. The molecule has 7 aromatic rings. The predicted octanol–water partition coefficient (Wildman–Crippen LogP) is 10.2. The third-order valence-electron chi connectivity index (χ3n) is 7.08. The van der Waals surface area contributed by atoms with Gasteiger partial charge < -0.3 is 0 Å². The first-order chi connectivity index (χ1) is 28.7. The van der Waals surface area contributed by atoms with E-state index in [0.717, 1.165) is 103 Å². The number of rotatable bonds is 6. The second-order valence-corrected chi connectivity index (χ2v) is 17.2. The Kier molecular flexibility index (Phi) is 18.1. The largest absolute Gasteiger partial charge is 0.415 e. The Morgan fingerprint density at radius 3 is 0.623 bits per heavy atom. The third-order valence-corrected chi connectivity index (χ3v) is 11.2. The minimum Gasteiger partial charge on any atom is -0.207 e. The molecule has 61 heavy (non-hydrogen) atoms. The van der Waals surface area contributed by atoms with Crippen LogP contribution in [0.4, 0.5) is 61.5 Å². The Morgan fingerprint density at radius 2 is 0.443 bits per heavy atom. The Bertz CT molecular complexity index is 2240. The average Bonchev–Trinajstić information content (AvgIpc) is 3.09. The summed E-state index contributed by atoms with van der Waals surface area (Å²) in [6.45, 7) is 0. The van der Waals surface area contributed by atoms with E-state index in [1.54, 1.807) is 0 Å². The van der Waals surface area contributed by atoms with Gasteiger partial charge in [0.05, 0.1) is 0 Å². The molecule has 0 fully saturated rings. The number of hydrogen-bond acceptors (Lipinski definition) is 1. The molecule has 0 spiro atoms. The standard InChI is InChI=1S/C12H6F4OP.2C12H7F4P.C6H5F2P/c13-7-1-8(14)4-11(3-7)18(17)12-5-9(15)2-10(16)6-12;2*13-7-1-8(14)4-11(3-7)17-12-5-9(15)2-10(16)6-12;7-4-1-5(8)3-6(9)2-4/h1-6H;2*1-6,17H;1-3H,9H2/q+1;;;. The van der Waals surface area contributed by atoms with Crippen LogP contribution in [0.3, 0.4) is 0 Å². The lowest BCUT2D eigenvalue weighted by Gasteiger charge is -2.03. The molecule has 0 N–H and O–H groups in total. The third kappa shape index (κ3) is 17.1. The van der Waals surface area contributed by atoms with Crippen LogP contribution >= 0.6 is 34.2 Å². The first-order valence-corrected chi connectivity index (χ1v) is 20.5. The molecule has 1 unspecified atom stereocenters. The number of halogens is 14. The fraction of sp³-hybridized carbons (Fsp3) is 0. The molecule has 0 bridgehead atoms. The van der Waals surface area contributed by atoms with Gasteiger partial charge in [-0.1, -0.05) is 21.7 Å². The molecule has 1 nitrogen and oxygen atoms in total. The van der Waals surface area contributed by atoms with E-state index in [0.29, 0.717) is 38.7 Å². The van der Waals surface area contributed by atoms with E-state index in [2.05, 4.69) is 9.24 Å². The van der Waals surface area contributed by atoms with E-state index < -0.39 is 89.2 Å². The van der Waals surface area contributed by atoms with Gasteiger partial charge in [0.2, 0.25) is 10.6 Å². The van der Waals surface area contributed by atoms with Crippen LogP contribution in [0.1, 0.15) is 0 Å². The lowest BCUT2D eigenvalue weighted by Crippen LogP contribution is -2.09. The van der Waals surface area contributed by atoms with Crippen LogP contribution in [-0.4, -0.2) is 0 Å². The molecule has 0 amide bonds. The van der Waals surface area contributed by atoms with Crippen molar-refractivity contribution in [2.45, 2.75) is 0 Å². The molecule has 0 saturated heterocycles. The fourth-order valence-electron chi connectivity index (χ4n) is 4.87. The van der Waals surface area contributed by atoms with Gasteiger partial charge in [-0.25, -0.2) is 61.5 Å². The van der Waals surface area contributed by atoms with Gasteiger partial charge in [-0.05, 0) is 87.2 Å². The summed E-state index contributed by atoms with van der Waals surface area (Å²) in [7, 11) is -0.624. The summed E-state index contributed by atoms with van der Waals surface area (Å²) >= 11 is 0. The average molecular weight is 936 g/mol. The normalized spacial score (nSPS) is 10.4. The number of hydrogen-bond donors (Lipinski definition) is 0. The zero-order chi connectivity index (χ0) is 45.0. The molecule has 19 heteroatoms. The maximum Gasteiger partial charge on any atom is 0.415 e. The summed E-state index contributed by atoms with van der Waals surface area (Å²) in [4.78, 5) is 0. The minimum absolute atomic E-state index is 0.160. The Hall–Kier alpha value is -5.05. The van der Waals surface area contributed by atoms with Gasteiger partial charge in [0.25, 0.3) is 0 Å². The second-order valence-electron chi connectivity index (χ2n) is 12.1. The zero-order valence-electron chi connectivity index (χ0n) is 30.3. The van der Waals surface area contributed by atoms with Gasteiger partial charge in [-0.15, -0.1) is 9.24 Å². The Labute approximate surface area is 345 Å².